The Morgan fingerprint density at radius 2 is 1.68 bits per heavy atom. The number of benzene rings is 2. The molecule has 12 heteroatoms. The van der Waals surface area contributed by atoms with Gasteiger partial charge in [0, 0.05) is 12.4 Å². The first-order valence-corrected chi connectivity index (χ1v) is 13.1. The van der Waals surface area contributed by atoms with E-state index in [0.717, 1.165) is 12.1 Å². The maximum absolute atomic E-state index is 14.0. The minimum Gasteiger partial charge on any atom is -0.369 e. The Morgan fingerprint density at radius 3 is 2.27 bits per heavy atom. The van der Waals surface area contributed by atoms with Crippen molar-refractivity contribution in [2.24, 2.45) is 16.6 Å². The Balaban J connectivity index is 1.46. The van der Waals surface area contributed by atoms with E-state index in [9.17, 15) is 27.2 Å². The Morgan fingerprint density at radius 1 is 1.05 bits per heavy atom. The van der Waals surface area contributed by atoms with Crippen molar-refractivity contribution in [3.63, 3.8) is 0 Å². The number of guanidine groups is 1. The minimum atomic E-state index is -4.79. The van der Waals surface area contributed by atoms with E-state index in [2.05, 4.69) is 15.0 Å². The molecule has 0 saturated heterocycles. The molecule has 2 aromatic carbocycles. The Labute approximate surface area is 233 Å². The number of aliphatic imine (C=N–C) groups is 1. The highest BCUT2D eigenvalue weighted by atomic mass is 19.4. The molecule has 0 radical (unpaired) electrons. The lowest BCUT2D eigenvalue weighted by molar-refractivity contribution is -0.138. The van der Waals surface area contributed by atoms with Gasteiger partial charge in [0.1, 0.15) is 5.82 Å². The number of hydrogen-bond donors (Lipinski definition) is 1. The zero-order valence-electron chi connectivity index (χ0n) is 22.5. The van der Waals surface area contributed by atoms with Crippen LogP contribution in [0.4, 0.5) is 17.6 Å². The van der Waals surface area contributed by atoms with Crippen LogP contribution in [0.2, 0.25) is 0 Å². The largest absolute Gasteiger partial charge is 0.417 e. The van der Waals surface area contributed by atoms with E-state index in [1.807, 2.05) is 13.8 Å². The van der Waals surface area contributed by atoms with E-state index < -0.39 is 40.5 Å². The van der Waals surface area contributed by atoms with Gasteiger partial charge in [-0.15, -0.1) is 0 Å². The first-order valence-electron chi connectivity index (χ1n) is 13.1. The van der Waals surface area contributed by atoms with Crippen LogP contribution in [0.5, 0.6) is 0 Å². The van der Waals surface area contributed by atoms with Crippen molar-refractivity contribution in [3.8, 4) is 0 Å². The van der Waals surface area contributed by atoms with Gasteiger partial charge < -0.3 is 10.6 Å². The molecule has 41 heavy (non-hydrogen) atoms. The molecule has 8 nitrogen and oxygen atoms in total. The number of rotatable bonds is 7. The summed E-state index contributed by atoms with van der Waals surface area (Å²) < 4.78 is 55.6. The molecule has 0 aliphatic carbocycles. The zero-order valence-corrected chi connectivity index (χ0v) is 22.5. The molecular formula is C29H28F4N6O2. The van der Waals surface area contributed by atoms with Crippen LogP contribution in [0, 0.1) is 11.7 Å². The summed E-state index contributed by atoms with van der Waals surface area (Å²) in [6.07, 6.45) is -0.943. The number of halogens is 4. The average Bonchev–Trinajstić information content (AvgIpc) is 3.46. The van der Waals surface area contributed by atoms with Crippen LogP contribution in [-0.4, -0.2) is 37.5 Å². The number of nitrogens with zero attached hydrogens (tertiary/aromatic N) is 5. The van der Waals surface area contributed by atoms with E-state index in [0.29, 0.717) is 29.8 Å². The molecule has 2 aliphatic rings. The van der Waals surface area contributed by atoms with Crippen molar-refractivity contribution in [1.82, 2.24) is 19.8 Å². The molecule has 3 heterocycles. The van der Waals surface area contributed by atoms with Crippen molar-refractivity contribution in [1.29, 1.82) is 0 Å². The molecule has 0 spiro atoms. The van der Waals surface area contributed by atoms with Gasteiger partial charge in [0.25, 0.3) is 11.8 Å². The standard InChI is InChI=1S/C29H28F4N6O2/c1-17(2)9-10-28(19-4-6-20(30)7-5-19)26(41)39(27(34)37-28)14-18-3-8-22(29(31,32)33)21(13-18)25(40)38-15-23-24(16-38)36-12-11-35-23/h3-8,11-13,17H,9-10,14-16H2,1-2H3,(H2,34,37). The quantitative estimate of drug-likeness (QED) is 0.413. The fourth-order valence-electron chi connectivity index (χ4n) is 5.19. The molecule has 2 aliphatic heterocycles. The third-order valence-electron chi connectivity index (χ3n) is 7.38. The number of carbonyl (C=O) groups excluding carboxylic acids is 2. The number of aromatic nitrogens is 2. The van der Waals surface area contributed by atoms with Crippen molar-refractivity contribution in [2.45, 2.75) is 58.0 Å². The van der Waals surface area contributed by atoms with Crippen molar-refractivity contribution in [2.75, 3.05) is 0 Å². The highest BCUT2D eigenvalue weighted by Crippen LogP contribution is 2.40. The van der Waals surface area contributed by atoms with Crippen LogP contribution in [-0.2, 0) is 36.1 Å². The normalized spacial score (nSPS) is 18.7. The van der Waals surface area contributed by atoms with Crippen LogP contribution in [0.25, 0.3) is 0 Å². The van der Waals surface area contributed by atoms with Crippen LogP contribution >= 0.6 is 0 Å². The number of fused-ring (bicyclic) bond motifs is 1. The monoisotopic (exact) mass is 568 g/mol. The summed E-state index contributed by atoms with van der Waals surface area (Å²) in [5.41, 5.74) is 4.97. The summed E-state index contributed by atoms with van der Waals surface area (Å²) in [7, 11) is 0. The lowest BCUT2D eigenvalue weighted by Crippen LogP contribution is -2.42. The predicted molar refractivity (Wildman–Crippen MR) is 141 cm³/mol. The van der Waals surface area contributed by atoms with Crippen LogP contribution in [0.15, 0.2) is 59.9 Å². The summed E-state index contributed by atoms with van der Waals surface area (Å²) in [4.78, 5) is 42.6. The smallest absolute Gasteiger partial charge is 0.369 e. The summed E-state index contributed by atoms with van der Waals surface area (Å²) in [5, 5.41) is 0. The zero-order chi connectivity index (χ0) is 29.5. The van der Waals surface area contributed by atoms with Gasteiger partial charge in [-0.05, 0) is 54.2 Å². The maximum Gasteiger partial charge on any atom is 0.417 e. The van der Waals surface area contributed by atoms with Gasteiger partial charge in [0.15, 0.2) is 11.5 Å². The Kier molecular flexibility index (Phi) is 7.26. The lowest BCUT2D eigenvalue weighted by atomic mass is 9.83. The minimum absolute atomic E-state index is 0.0315. The molecule has 1 aromatic heterocycles. The van der Waals surface area contributed by atoms with Crippen LogP contribution in [0.3, 0.4) is 0 Å². The average molecular weight is 569 g/mol. The summed E-state index contributed by atoms with van der Waals surface area (Å²) in [6.45, 7) is 3.84. The van der Waals surface area contributed by atoms with Gasteiger partial charge in [-0.2, -0.15) is 13.2 Å². The lowest BCUT2D eigenvalue weighted by Gasteiger charge is -2.27. The van der Waals surface area contributed by atoms with E-state index >= 15 is 0 Å². The summed E-state index contributed by atoms with van der Waals surface area (Å²) in [6, 6.07) is 8.64. The van der Waals surface area contributed by atoms with E-state index in [-0.39, 0.29) is 37.1 Å². The van der Waals surface area contributed by atoms with Crippen molar-refractivity contribution < 1.29 is 27.2 Å². The van der Waals surface area contributed by atoms with E-state index in [4.69, 9.17) is 5.73 Å². The predicted octanol–water partition coefficient (Wildman–Crippen LogP) is 4.78. The number of amides is 2. The molecule has 2 N–H and O–H groups in total. The van der Waals surface area contributed by atoms with Crippen LogP contribution in [0.1, 0.15) is 65.1 Å². The summed E-state index contributed by atoms with van der Waals surface area (Å²) in [5.74, 6) is -1.64. The van der Waals surface area contributed by atoms with Crippen LogP contribution < -0.4 is 5.73 Å². The molecule has 1 atom stereocenters. The molecule has 5 rings (SSSR count). The second kappa shape index (κ2) is 10.6. The SMILES string of the molecule is CC(C)CCC1(c2ccc(F)cc2)N=C(N)N(Cc2ccc(C(F)(F)F)c(C(=O)N3Cc4nccnc4C3)c2)C1=O. The van der Waals surface area contributed by atoms with Gasteiger partial charge >= 0.3 is 6.18 Å². The van der Waals surface area contributed by atoms with E-state index in [1.165, 1.54) is 52.5 Å². The molecular weight excluding hydrogens is 540 g/mol. The number of carbonyl (C=O) groups is 2. The molecule has 3 aromatic rings. The van der Waals surface area contributed by atoms with Gasteiger partial charge in [-0.25, -0.2) is 9.38 Å². The first-order chi connectivity index (χ1) is 19.4. The molecule has 0 fully saturated rings. The third kappa shape index (κ3) is 5.38. The maximum atomic E-state index is 14.0. The molecule has 0 bridgehead atoms. The third-order valence-corrected chi connectivity index (χ3v) is 7.38. The van der Waals surface area contributed by atoms with Gasteiger partial charge in [0.05, 0.1) is 42.1 Å². The fourth-order valence-corrected chi connectivity index (χ4v) is 5.19. The van der Waals surface area contributed by atoms with Gasteiger partial charge in [0.2, 0.25) is 0 Å². The second-order valence-electron chi connectivity index (χ2n) is 10.6. The summed E-state index contributed by atoms with van der Waals surface area (Å²) >= 11 is 0. The molecule has 0 saturated carbocycles. The van der Waals surface area contributed by atoms with E-state index in [1.54, 1.807) is 0 Å². The number of nitrogens with two attached hydrogens (primary N) is 1. The van der Waals surface area contributed by atoms with Crippen molar-refractivity contribution >= 4 is 17.8 Å². The molecule has 1 unspecified atom stereocenters. The molecule has 2 amide bonds. The topological polar surface area (TPSA) is 105 Å². The second-order valence-corrected chi connectivity index (χ2v) is 10.6. The Hall–Kier alpha value is -4.35. The van der Waals surface area contributed by atoms with Crippen molar-refractivity contribution in [3.05, 3.63) is 94.3 Å². The fraction of sp³-hybridized carbons (Fsp3) is 0.345. The first kappa shape index (κ1) is 28.2. The molecule has 214 valence electrons. The number of hydrogen-bond acceptors (Lipinski definition) is 6. The van der Waals surface area contributed by atoms with Gasteiger partial charge in [-0.1, -0.05) is 32.0 Å². The highest BCUT2D eigenvalue weighted by Gasteiger charge is 2.49. The highest BCUT2D eigenvalue weighted by molar-refractivity contribution is 6.07. The van der Waals surface area contributed by atoms with Gasteiger partial charge in [-0.3, -0.25) is 24.5 Å². The number of alkyl halides is 3. The Bertz CT molecular complexity index is 1500.